The third-order valence-electron chi connectivity index (χ3n) is 1.08. The van der Waals surface area contributed by atoms with E-state index in [0.29, 0.717) is 5.75 Å². The first-order valence-electron chi connectivity index (χ1n) is 3.13. The van der Waals surface area contributed by atoms with E-state index in [1.165, 1.54) is 0 Å². The van der Waals surface area contributed by atoms with Crippen LogP contribution in [0.25, 0.3) is 0 Å². The number of rotatable bonds is 3. The Balaban J connectivity index is 3.63. The lowest BCUT2D eigenvalue weighted by molar-refractivity contribution is -0.107. The van der Waals surface area contributed by atoms with Gasteiger partial charge >= 0.3 is 0 Å². The molecule has 0 saturated heterocycles. The van der Waals surface area contributed by atoms with Crippen molar-refractivity contribution in [1.82, 2.24) is 0 Å². The lowest BCUT2D eigenvalue weighted by Crippen LogP contribution is -1.96. The molecule has 1 N–H and O–H groups in total. The van der Waals surface area contributed by atoms with E-state index in [-0.39, 0.29) is 11.7 Å². The summed E-state index contributed by atoms with van der Waals surface area (Å²) in [4.78, 5) is 10.9. The second-order valence-electron chi connectivity index (χ2n) is 1.83. The second-order valence-corrected chi connectivity index (χ2v) is 2.90. The Labute approximate surface area is 65.3 Å². The maximum Gasteiger partial charge on any atom is 0.214 e. The van der Waals surface area contributed by atoms with Gasteiger partial charge < -0.3 is 5.11 Å². The van der Waals surface area contributed by atoms with Gasteiger partial charge in [-0.3, -0.25) is 4.79 Å². The highest BCUT2D eigenvalue weighted by atomic mass is 32.2. The molecule has 0 unspecified atom stereocenters. The monoisotopic (exact) mass is 160 g/mol. The summed E-state index contributed by atoms with van der Waals surface area (Å²) in [5.41, 5.74) is 0.749. The lowest BCUT2D eigenvalue weighted by atomic mass is 10.3. The van der Waals surface area contributed by atoms with Crippen molar-refractivity contribution in [1.29, 1.82) is 0 Å². The number of thioether (sulfide) groups is 1. The van der Waals surface area contributed by atoms with Gasteiger partial charge in [0.15, 0.2) is 0 Å². The molecule has 0 radical (unpaired) electrons. The molecule has 0 rings (SSSR count). The fourth-order valence-electron chi connectivity index (χ4n) is 0.370. The van der Waals surface area contributed by atoms with Crippen molar-refractivity contribution < 1.29 is 9.90 Å². The van der Waals surface area contributed by atoms with Crippen LogP contribution in [0.3, 0.4) is 0 Å². The van der Waals surface area contributed by atoms with Gasteiger partial charge in [0.1, 0.15) is 0 Å². The van der Waals surface area contributed by atoms with Gasteiger partial charge in [-0.2, -0.15) is 0 Å². The summed E-state index contributed by atoms with van der Waals surface area (Å²) in [6, 6.07) is 0. The summed E-state index contributed by atoms with van der Waals surface area (Å²) in [6.45, 7) is 3.66. The van der Waals surface area contributed by atoms with Crippen LogP contribution in [0.15, 0.2) is 11.6 Å². The number of carbonyl (C=O) groups excluding carboxylic acids is 1. The van der Waals surface area contributed by atoms with Gasteiger partial charge in [-0.05, 0) is 19.4 Å². The van der Waals surface area contributed by atoms with Crippen LogP contribution in [0, 0.1) is 0 Å². The zero-order chi connectivity index (χ0) is 7.98. The second kappa shape index (κ2) is 5.50. The molecule has 0 aromatic rings. The van der Waals surface area contributed by atoms with E-state index in [4.69, 9.17) is 5.11 Å². The van der Waals surface area contributed by atoms with Gasteiger partial charge in [-0.15, -0.1) is 0 Å². The third kappa shape index (κ3) is 3.69. The molecule has 0 amide bonds. The van der Waals surface area contributed by atoms with E-state index in [9.17, 15) is 4.79 Å². The largest absolute Gasteiger partial charge is 0.396 e. The average molecular weight is 160 g/mol. The van der Waals surface area contributed by atoms with Gasteiger partial charge in [-0.25, -0.2) is 0 Å². The zero-order valence-electron chi connectivity index (χ0n) is 6.26. The number of hydrogen-bond acceptors (Lipinski definition) is 3. The number of hydrogen-bond donors (Lipinski definition) is 1. The Morgan fingerprint density at radius 1 is 1.70 bits per heavy atom. The summed E-state index contributed by atoms with van der Waals surface area (Å²) < 4.78 is 0. The molecule has 3 heteroatoms. The van der Waals surface area contributed by atoms with E-state index >= 15 is 0 Å². The predicted octanol–water partition coefficient (Wildman–Crippen LogP) is 1.20. The molecule has 0 bridgehead atoms. The Morgan fingerprint density at radius 2 is 2.30 bits per heavy atom. The third-order valence-corrected chi connectivity index (χ3v) is 2.05. The van der Waals surface area contributed by atoms with Gasteiger partial charge in [0.25, 0.3) is 0 Å². The number of allylic oxidation sites excluding steroid dienone is 1. The fraction of sp³-hybridized carbons (Fsp3) is 0.571. The first-order valence-corrected chi connectivity index (χ1v) is 4.11. The lowest BCUT2D eigenvalue weighted by Gasteiger charge is -1.95. The minimum Gasteiger partial charge on any atom is -0.396 e. The smallest absolute Gasteiger partial charge is 0.214 e. The summed E-state index contributed by atoms with van der Waals surface area (Å²) in [5, 5.41) is 8.43. The summed E-state index contributed by atoms with van der Waals surface area (Å²) >= 11 is 1.15. The molecule has 0 fully saturated rings. The van der Waals surface area contributed by atoms with Crippen molar-refractivity contribution in [2.24, 2.45) is 0 Å². The molecule has 0 aromatic heterocycles. The Morgan fingerprint density at radius 3 is 2.70 bits per heavy atom. The van der Waals surface area contributed by atoms with Crippen molar-refractivity contribution in [3.8, 4) is 0 Å². The molecule has 0 heterocycles. The van der Waals surface area contributed by atoms with Gasteiger partial charge in [0, 0.05) is 5.75 Å². The van der Waals surface area contributed by atoms with Crippen molar-refractivity contribution in [2.75, 3.05) is 12.4 Å². The Bertz CT molecular complexity index is 141. The topological polar surface area (TPSA) is 37.3 Å². The molecule has 0 atom stereocenters. The first-order chi connectivity index (χ1) is 4.72. The minimum atomic E-state index is 0.0524. The van der Waals surface area contributed by atoms with E-state index in [1.807, 2.05) is 6.92 Å². The maximum atomic E-state index is 10.9. The van der Waals surface area contributed by atoms with E-state index in [1.54, 1.807) is 13.0 Å². The van der Waals surface area contributed by atoms with Crippen molar-refractivity contribution in [3.05, 3.63) is 11.6 Å². The Hall–Kier alpha value is -0.280. The van der Waals surface area contributed by atoms with E-state index in [2.05, 4.69) is 0 Å². The highest BCUT2D eigenvalue weighted by Gasteiger charge is 2.01. The van der Waals surface area contributed by atoms with Crippen LogP contribution in [-0.2, 0) is 4.79 Å². The quantitative estimate of drug-likeness (QED) is 0.630. The van der Waals surface area contributed by atoms with Crippen LogP contribution in [0.2, 0.25) is 0 Å². The highest BCUT2D eigenvalue weighted by Crippen LogP contribution is 2.08. The highest BCUT2D eigenvalue weighted by molar-refractivity contribution is 8.14. The van der Waals surface area contributed by atoms with E-state index < -0.39 is 0 Å². The zero-order valence-corrected chi connectivity index (χ0v) is 7.07. The average Bonchev–Trinajstić information content (AvgIpc) is 1.98. The molecule has 0 aliphatic heterocycles. The SMILES string of the molecule is C/C=C(\C)C(=O)SCCO. The van der Waals surface area contributed by atoms with Crippen LogP contribution in [0.1, 0.15) is 13.8 Å². The summed E-state index contributed by atoms with van der Waals surface area (Å²) in [6.07, 6.45) is 1.77. The number of aliphatic hydroxyl groups is 1. The molecule has 2 nitrogen and oxygen atoms in total. The molecule has 10 heavy (non-hydrogen) atoms. The number of carbonyl (C=O) groups is 1. The molecule has 58 valence electrons. The number of aliphatic hydroxyl groups excluding tert-OH is 1. The van der Waals surface area contributed by atoms with Gasteiger partial charge in [-0.1, -0.05) is 17.8 Å². The van der Waals surface area contributed by atoms with Crippen molar-refractivity contribution in [3.63, 3.8) is 0 Å². The molecular weight excluding hydrogens is 148 g/mol. The fourth-order valence-corrected chi connectivity index (χ4v) is 0.992. The molecule has 0 aliphatic rings. The van der Waals surface area contributed by atoms with Crippen LogP contribution in [0.5, 0.6) is 0 Å². The minimum absolute atomic E-state index is 0.0524. The van der Waals surface area contributed by atoms with Crippen LogP contribution in [-0.4, -0.2) is 22.6 Å². The predicted molar refractivity (Wildman–Crippen MR) is 44.0 cm³/mol. The maximum absolute atomic E-state index is 10.9. The van der Waals surface area contributed by atoms with E-state index in [0.717, 1.165) is 17.3 Å². The summed E-state index contributed by atoms with van der Waals surface area (Å²) in [5.74, 6) is 0.490. The molecule has 0 aromatic carbocycles. The van der Waals surface area contributed by atoms with Crippen LogP contribution >= 0.6 is 11.8 Å². The standard InChI is InChI=1S/C7H12O2S/c1-3-6(2)7(9)10-5-4-8/h3,8H,4-5H2,1-2H3/b6-3+. The molecule has 0 spiro atoms. The van der Waals surface area contributed by atoms with Crippen LogP contribution < -0.4 is 0 Å². The van der Waals surface area contributed by atoms with Crippen molar-refractivity contribution in [2.45, 2.75) is 13.8 Å². The molecular formula is C7H12O2S. The first kappa shape index (κ1) is 9.72. The normalized spacial score (nSPS) is 11.7. The Kier molecular flexibility index (Phi) is 5.35. The molecule has 0 saturated carbocycles. The summed E-state index contributed by atoms with van der Waals surface area (Å²) in [7, 11) is 0. The van der Waals surface area contributed by atoms with Crippen molar-refractivity contribution >= 4 is 16.9 Å². The van der Waals surface area contributed by atoms with Gasteiger partial charge in [0.05, 0.1) is 6.61 Å². The van der Waals surface area contributed by atoms with Crippen LogP contribution in [0.4, 0.5) is 0 Å². The molecule has 0 aliphatic carbocycles. The van der Waals surface area contributed by atoms with Gasteiger partial charge in [0.2, 0.25) is 5.12 Å².